The van der Waals surface area contributed by atoms with Crippen LogP contribution in [0, 0.1) is 0 Å². The maximum absolute atomic E-state index is 11.8. The fourth-order valence-corrected chi connectivity index (χ4v) is 2.21. The highest BCUT2D eigenvalue weighted by Gasteiger charge is 2.28. The molecular weight excluding hydrogens is 294 g/mol. The van der Waals surface area contributed by atoms with E-state index in [9.17, 15) is 9.90 Å². The predicted octanol–water partition coefficient (Wildman–Crippen LogP) is 3.63. The molecule has 0 aliphatic rings. The summed E-state index contributed by atoms with van der Waals surface area (Å²) in [5.74, 6) is -0.745. The van der Waals surface area contributed by atoms with Gasteiger partial charge in [-0.25, -0.2) is 0 Å². The van der Waals surface area contributed by atoms with Crippen molar-refractivity contribution in [2.45, 2.75) is 19.1 Å². The van der Waals surface area contributed by atoms with Gasteiger partial charge >= 0.3 is 5.97 Å². The van der Waals surface area contributed by atoms with Crippen LogP contribution in [-0.2, 0) is 9.53 Å². The van der Waals surface area contributed by atoms with Crippen LogP contribution in [0.2, 0.25) is 0 Å². The first-order chi connectivity index (χ1) is 11.2. The number of nitrogens with zero attached hydrogens (tertiary/aromatic N) is 3. The lowest BCUT2D eigenvalue weighted by Crippen LogP contribution is -2.28. The van der Waals surface area contributed by atoms with Crippen molar-refractivity contribution in [2.24, 2.45) is 5.11 Å². The third-order valence-corrected chi connectivity index (χ3v) is 3.36. The van der Waals surface area contributed by atoms with Crippen LogP contribution < -0.4 is 0 Å². The number of azide groups is 1. The van der Waals surface area contributed by atoms with Crippen LogP contribution in [0.25, 0.3) is 21.6 Å². The van der Waals surface area contributed by atoms with Gasteiger partial charge in [0, 0.05) is 4.91 Å². The van der Waals surface area contributed by atoms with Crippen LogP contribution in [0.5, 0.6) is 0 Å². The number of rotatable bonds is 6. The number of benzene rings is 2. The molecule has 2 unspecified atom stereocenters. The molecule has 0 aliphatic carbocycles. The van der Waals surface area contributed by atoms with Crippen LogP contribution in [-0.4, -0.2) is 23.7 Å². The molecule has 0 fully saturated rings. The van der Waals surface area contributed by atoms with Crippen LogP contribution in [0.4, 0.5) is 0 Å². The largest absolute Gasteiger partial charge is 0.466 e. The maximum Gasteiger partial charge on any atom is 0.317 e. The minimum absolute atomic E-state index is 0.149. The third kappa shape index (κ3) is 4.10. The molecule has 0 heterocycles. The maximum atomic E-state index is 11.8. The van der Waals surface area contributed by atoms with Gasteiger partial charge in [-0.15, -0.1) is 0 Å². The Kier molecular flexibility index (Phi) is 5.74. The highest BCUT2D eigenvalue weighted by Crippen LogP contribution is 2.25. The molecule has 2 atom stereocenters. The molecule has 23 heavy (non-hydrogen) atoms. The van der Waals surface area contributed by atoms with E-state index in [1.165, 1.54) is 0 Å². The van der Waals surface area contributed by atoms with E-state index in [1.54, 1.807) is 19.1 Å². The van der Waals surface area contributed by atoms with E-state index in [1.807, 2.05) is 42.5 Å². The fourth-order valence-electron chi connectivity index (χ4n) is 2.21. The number of esters is 1. The Hall–Kier alpha value is -2.82. The molecule has 6 nitrogen and oxygen atoms in total. The Labute approximate surface area is 134 Å². The van der Waals surface area contributed by atoms with Crippen molar-refractivity contribution in [1.82, 2.24) is 0 Å². The van der Waals surface area contributed by atoms with E-state index in [2.05, 4.69) is 10.0 Å². The van der Waals surface area contributed by atoms with Gasteiger partial charge in [0.15, 0.2) is 6.04 Å². The molecule has 0 aliphatic heterocycles. The summed E-state index contributed by atoms with van der Waals surface area (Å²) in [6.07, 6.45) is -1.25. The number of aliphatic hydroxyl groups is 1. The van der Waals surface area contributed by atoms with Crippen molar-refractivity contribution < 1.29 is 14.6 Å². The molecule has 0 spiro atoms. The van der Waals surface area contributed by atoms with E-state index < -0.39 is 18.1 Å². The Balaban J connectivity index is 2.23. The van der Waals surface area contributed by atoms with Crippen LogP contribution in [0.1, 0.15) is 18.6 Å². The number of hydrogen-bond donors (Lipinski definition) is 1. The summed E-state index contributed by atoms with van der Waals surface area (Å²) in [6, 6.07) is 15.6. The van der Waals surface area contributed by atoms with Gasteiger partial charge in [-0.1, -0.05) is 59.7 Å². The van der Waals surface area contributed by atoms with Crippen molar-refractivity contribution in [3.05, 3.63) is 70.6 Å². The second kappa shape index (κ2) is 7.98. The molecule has 0 radical (unpaired) electrons. The Morgan fingerprint density at radius 2 is 1.78 bits per heavy atom. The zero-order valence-corrected chi connectivity index (χ0v) is 12.7. The van der Waals surface area contributed by atoms with Crippen molar-refractivity contribution in [3.8, 4) is 11.1 Å². The van der Waals surface area contributed by atoms with Gasteiger partial charge in [0.1, 0.15) is 0 Å². The molecule has 0 saturated heterocycles. The third-order valence-electron chi connectivity index (χ3n) is 3.36. The van der Waals surface area contributed by atoms with Crippen LogP contribution >= 0.6 is 0 Å². The summed E-state index contributed by atoms with van der Waals surface area (Å²) in [6.45, 7) is 1.79. The second-order valence-corrected chi connectivity index (χ2v) is 4.83. The molecule has 6 heteroatoms. The van der Waals surface area contributed by atoms with Gasteiger partial charge in [0.25, 0.3) is 0 Å². The van der Waals surface area contributed by atoms with Crippen molar-refractivity contribution in [1.29, 1.82) is 0 Å². The topological polar surface area (TPSA) is 95.3 Å². The Morgan fingerprint density at radius 3 is 2.35 bits per heavy atom. The van der Waals surface area contributed by atoms with Crippen molar-refractivity contribution in [3.63, 3.8) is 0 Å². The van der Waals surface area contributed by atoms with E-state index in [4.69, 9.17) is 10.3 Å². The number of carbonyl (C=O) groups is 1. The van der Waals surface area contributed by atoms with E-state index in [-0.39, 0.29) is 6.61 Å². The van der Waals surface area contributed by atoms with Gasteiger partial charge in [0.05, 0.1) is 12.7 Å². The number of carbonyl (C=O) groups excluding carboxylic acids is 1. The number of hydrogen-bond acceptors (Lipinski definition) is 4. The molecule has 2 rings (SSSR count). The van der Waals surface area contributed by atoms with E-state index >= 15 is 0 Å². The minimum atomic E-state index is -1.30. The highest BCUT2D eigenvalue weighted by atomic mass is 16.5. The average Bonchev–Trinajstić information content (AvgIpc) is 2.60. The molecule has 0 amide bonds. The smallest absolute Gasteiger partial charge is 0.317 e. The fraction of sp³-hybridized carbons (Fsp3) is 0.235. The van der Waals surface area contributed by atoms with Gasteiger partial charge in [-0.3, -0.25) is 4.79 Å². The van der Waals surface area contributed by atoms with E-state index in [0.29, 0.717) is 5.56 Å². The summed E-state index contributed by atoms with van der Waals surface area (Å²) in [4.78, 5) is 14.4. The number of ether oxygens (including phenoxy) is 1. The lowest BCUT2D eigenvalue weighted by molar-refractivity contribution is -0.147. The zero-order valence-electron chi connectivity index (χ0n) is 12.7. The molecular formula is C17H17N3O3. The molecule has 2 aromatic rings. The SMILES string of the molecule is CCOC(=O)C(N=[N+]=[N-])C(O)c1ccc(-c2ccccc2)cc1. The first-order valence-corrected chi connectivity index (χ1v) is 7.21. The van der Waals surface area contributed by atoms with Gasteiger partial charge in [-0.05, 0) is 29.1 Å². The summed E-state index contributed by atoms with van der Waals surface area (Å²) in [5.41, 5.74) is 11.1. The molecule has 2 aromatic carbocycles. The lowest BCUT2D eigenvalue weighted by Gasteiger charge is -2.17. The van der Waals surface area contributed by atoms with Gasteiger partial charge in [-0.2, -0.15) is 0 Å². The first kappa shape index (κ1) is 16.5. The molecule has 118 valence electrons. The van der Waals surface area contributed by atoms with Gasteiger partial charge < -0.3 is 9.84 Å². The summed E-state index contributed by atoms with van der Waals surface area (Å²) >= 11 is 0. The Morgan fingerprint density at radius 1 is 1.17 bits per heavy atom. The number of aliphatic hydroxyl groups excluding tert-OH is 1. The first-order valence-electron chi connectivity index (χ1n) is 7.21. The molecule has 0 bridgehead atoms. The summed E-state index contributed by atoms with van der Waals surface area (Å²) in [5, 5.41) is 13.7. The molecule has 0 aromatic heterocycles. The standard InChI is InChI=1S/C17H17N3O3/c1-2-23-17(22)15(19-20-18)16(21)14-10-8-13(9-11-14)12-6-4-3-5-7-12/h3-11,15-16,21H,2H2,1H3. The Bertz CT molecular complexity index is 695. The summed E-state index contributed by atoms with van der Waals surface area (Å²) < 4.78 is 4.83. The average molecular weight is 311 g/mol. The quantitative estimate of drug-likeness (QED) is 0.382. The zero-order chi connectivity index (χ0) is 16.7. The summed E-state index contributed by atoms with van der Waals surface area (Å²) in [7, 11) is 0. The molecule has 1 N–H and O–H groups in total. The second-order valence-electron chi connectivity index (χ2n) is 4.83. The van der Waals surface area contributed by atoms with E-state index in [0.717, 1.165) is 11.1 Å². The highest BCUT2D eigenvalue weighted by molar-refractivity contribution is 5.77. The van der Waals surface area contributed by atoms with Crippen molar-refractivity contribution in [2.75, 3.05) is 6.61 Å². The van der Waals surface area contributed by atoms with Gasteiger partial charge in [0.2, 0.25) is 0 Å². The van der Waals surface area contributed by atoms with Crippen LogP contribution in [0.15, 0.2) is 59.7 Å². The predicted molar refractivity (Wildman–Crippen MR) is 86.4 cm³/mol. The van der Waals surface area contributed by atoms with Crippen LogP contribution in [0.3, 0.4) is 0 Å². The van der Waals surface area contributed by atoms with Crippen molar-refractivity contribution >= 4 is 5.97 Å². The minimum Gasteiger partial charge on any atom is -0.466 e. The molecule has 0 saturated carbocycles. The monoisotopic (exact) mass is 311 g/mol. The normalized spacial score (nSPS) is 12.8. The lowest BCUT2D eigenvalue weighted by atomic mass is 9.99.